The Morgan fingerprint density at radius 1 is 1.24 bits per heavy atom. The summed E-state index contributed by atoms with van der Waals surface area (Å²) in [6.45, 7) is 3.51. The third-order valence-electron chi connectivity index (χ3n) is 5.93. The Morgan fingerprint density at radius 2 is 2.03 bits per heavy atom. The Hall–Kier alpha value is -3.08. The summed E-state index contributed by atoms with van der Waals surface area (Å²) in [6.07, 6.45) is 1.61. The number of aliphatic hydroxyl groups excluding tert-OH is 1. The second-order valence-corrected chi connectivity index (χ2v) is 8.48. The van der Waals surface area contributed by atoms with Gasteiger partial charge < -0.3 is 25.4 Å². The first-order valence-corrected chi connectivity index (χ1v) is 11.1. The van der Waals surface area contributed by atoms with E-state index in [1.807, 2.05) is 6.07 Å². The number of likely N-dealkylation sites (tertiary alicyclic amines) is 1. The van der Waals surface area contributed by atoms with Crippen LogP contribution in [0, 0.1) is 0 Å². The minimum Gasteiger partial charge on any atom is -0.390 e. The zero-order valence-corrected chi connectivity index (χ0v) is 18.7. The molecule has 0 unspecified atom stereocenters. The molecular weight excluding hydrogens is 424 g/mol. The van der Waals surface area contributed by atoms with Crippen LogP contribution < -0.4 is 10.6 Å². The van der Waals surface area contributed by atoms with Crippen LogP contribution in [0.4, 0.5) is 5.82 Å². The van der Waals surface area contributed by atoms with Crippen molar-refractivity contribution < 1.29 is 19.4 Å². The Morgan fingerprint density at radius 3 is 2.82 bits per heavy atom. The number of aliphatic hydroxyl groups is 1. The van der Waals surface area contributed by atoms with Gasteiger partial charge in [0, 0.05) is 52.4 Å². The zero-order valence-electron chi connectivity index (χ0n) is 18.7. The third kappa shape index (κ3) is 6.04. The first kappa shape index (κ1) is 23.1. The fourth-order valence-electron chi connectivity index (χ4n) is 4.13. The number of amides is 2. The van der Waals surface area contributed by atoms with Gasteiger partial charge in [0.15, 0.2) is 0 Å². The van der Waals surface area contributed by atoms with Crippen LogP contribution in [0.1, 0.15) is 21.6 Å². The number of fused-ring (bicyclic) bond motifs is 1. The molecule has 0 bridgehead atoms. The number of anilines is 1. The molecule has 33 heavy (non-hydrogen) atoms. The number of carbonyl (C=O) groups excluding carboxylic acids is 2. The molecule has 10 heteroatoms. The second-order valence-electron chi connectivity index (χ2n) is 8.48. The summed E-state index contributed by atoms with van der Waals surface area (Å²) in [5.74, 6) is 0.103. The van der Waals surface area contributed by atoms with Gasteiger partial charge in [0.2, 0.25) is 5.91 Å². The van der Waals surface area contributed by atoms with Crippen LogP contribution in [-0.2, 0) is 22.5 Å². The lowest BCUT2D eigenvalue weighted by atomic mass is 10.00. The number of nitrogens with zero attached hydrogens (tertiary/aromatic N) is 4. The van der Waals surface area contributed by atoms with Gasteiger partial charge >= 0.3 is 0 Å². The number of rotatable bonds is 9. The molecule has 3 N–H and O–H groups in total. The van der Waals surface area contributed by atoms with E-state index in [-0.39, 0.29) is 36.7 Å². The maximum atomic E-state index is 12.5. The molecule has 1 aromatic carbocycles. The molecule has 1 aromatic heterocycles. The summed E-state index contributed by atoms with van der Waals surface area (Å²) in [7, 11) is 1.49. The van der Waals surface area contributed by atoms with Crippen molar-refractivity contribution in [1.29, 1.82) is 0 Å². The summed E-state index contributed by atoms with van der Waals surface area (Å²) < 4.78 is 4.86. The van der Waals surface area contributed by atoms with Crippen molar-refractivity contribution in [3.8, 4) is 0 Å². The molecule has 4 rings (SSSR count). The minimum atomic E-state index is -0.677. The molecule has 2 aliphatic rings. The highest BCUT2D eigenvalue weighted by atomic mass is 16.5. The summed E-state index contributed by atoms with van der Waals surface area (Å²) in [5, 5.41) is 16.4. The predicted octanol–water partition coefficient (Wildman–Crippen LogP) is -0.105. The lowest BCUT2D eigenvalue weighted by molar-refractivity contribution is -0.139. The van der Waals surface area contributed by atoms with Crippen LogP contribution in [0.15, 0.2) is 36.7 Å². The van der Waals surface area contributed by atoms with Crippen LogP contribution in [0.3, 0.4) is 0 Å². The van der Waals surface area contributed by atoms with Crippen molar-refractivity contribution in [3.05, 3.63) is 53.5 Å². The van der Waals surface area contributed by atoms with Crippen LogP contribution in [0.2, 0.25) is 0 Å². The average molecular weight is 455 g/mol. The molecule has 176 valence electrons. The van der Waals surface area contributed by atoms with Crippen LogP contribution >= 0.6 is 0 Å². The second kappa shape index (κ2) is 10.7. The molecule has 0 aliphatic carbocycles. The molecular formula is C23H30N6O4. The van der Waals surface area contributed by atoms with Gasteiger partial charge in [-0.2, -0.15) is 0 Å². The molecule has 2 amide bonds. The van der Waals surface area contributed by atoms with Crippen LogP contribution in [-0.4, -0.2) is 95.3 Å². The molecule has 1 saturated heterocycles. The van der Waals surface area contributed by atoms with Crippen molar-refractivity contribution in [3.63, 3.8) is 0 Å². The van der Waals surface area contributed by atoms with Crippen LogP contribution in [0.25, 0.3) is 0 Å². The Kier molecular flexibility index (Phi) is 7.48. The average Bonchev–Trinajstić information content (AvgIpc) is 2.79. The first-order chi connectivity index (χ1) is 16.0. The number of hydrogen-bond donors (Lipinski definition) is 3. The molecule has 1 fully saturated rings. The van der Waals surface area contributed by atoms with E-state index in [9.17, 15) is 14.7 Å². The molecule has 0 radical (unpaired) electrons. The quantitative estimate of drug-likeness (QED) is 0.480. The normalized spacial score (nSPS) is 17.1. The predicted molar refractivity (Wildman–Crippen MR) is 122 cm³/mol. The largest absolute Gasteiger partial charge is 0.390 e. The van der Waals surface area contributed by atoms with Gasteiger partial charge in [0.1, 0.15) is 24.4 Å². The van der Waals surface area contributed by atoms with Gasteiger partial charge in [-0.05, 0) is 17.5 Å². The van der Waals surface area contributed by atoms with Gasteiger partial charge in [0.25, 0.3) is 5.91 Å². The lowest BCUT2D eigenvalue weighted by Crippen LogP contribution is -2.57. The molecule has 10 nitrogen and oxygen atoms in total. The van der Waals surface area contributed by atoms with E-state index in [2.05, 4.69) is 43.7 Å². The van der Waals surface area contributed by atoms with Crippen LogP contribution in [0.5, 0.6) is 0 Å². The smallest absolute Gasteiger partial charge is 0.270 e. The third-order valence-corrected chi connectivity index (χ3v) is 5.93. The van der Waals surface area contributed by atoms with E-state index in [1.165, 1.54) is 24.6 Å². The summed E-state index contributed by atoms with van der Waals surface area (Å²) in [6, 6.07) is 9.99. The van der Waals surface area contributed by atoms with Gasteiger partial charge in [-0.15, -0.1) is 0 Å². The minimum absolute atomic E-state index is 0.0503. The molecule has 2 aliphatic heterocycles. The molecule has 1 atom stereocenters. The molecule has 0 spiro atoms. The van der Waals surface area contributed by atoms with Gasteiger partial charge in [-0.3, -0.25) is 14.5 Å². The van der Waals surface area contributed by atoms with Crippen molar-refractivity contribution in [2.45, 2.75) is 25.1 Å². The summed E-state index contributed by atoms with van der Waals surface area (Å²) in [5.41, 5.74) is 2.87. The maximum Gasteiger partial charge on any atom is 0.270 e. The number of β-amino-alcohol motifs (C(OH)–C–C–N with tert-alkyl or cyclic N) is 1. The van der Waals surface area contributed by atoms with Crippen molar-refractivity contribution in [2.75, 3.05) is 51.8 Å². The fraction of sp³-hybridized carbons (Fsp3) is 0.478. The molecule has 2 aromatic rings. The first-order valence-electron chi connectivity index (χ1n) is 11.1. The highest BCUT2D eigenvalue weighted by molar-refractivity contribution is 5.92. The Labute approximate surface area is 193 Å². The monoisotopic (exact) mass is 454 g/mol. The summed E-state index contributed by atoms with van der Waals surface area (Å²) in [4.78, 5) is 36.4. The van der Waals surface area contributed by atoms with E-state index in [1.54, 1.807) is 11.0 Å². The number of methoxy groups -OCH3 is 1. The fourth-order valence-corrected chi connectivity index (χ4v) is 4.13. The van der Waals surface area contributed by atoms with E-state index in [0.717, 1.165) is 19.5 Å². The SMILES string of the molecule is COCC(=O)N1CC(Nc2cc(C(=O)NC[C@H](O)CN3CCc4ccccc4C3)ncn2)C1. The van der Waals surface area contributed by atoms with Gasteiger partial charge in [-0.1, -0.05) is 24.3 Å². The number of hydrogen-bond acceptors (Lipinski definition) is 8. The number of ether oxygens (including phenoxy) is 1. The van der Waals surface area contributed by atoms with Crippen molar-refractivity contribution in [1.82, 2.24) is 25.1 Å². The Bertz CT molecular complexity index is 981. The number of nitrogens with one attached hydrogen (secondary N) is 2. The number of aromatic nitrogens is 2. The van der Waals surface area contributed by atoms with Crippen molar-refractivity contribution in [2.24, 2.45) is 0 Å². The van der Waals surface area contributed by atoms with Crippen molar-refractivity contribution >= 4 is 17.6 Å². The molecule has 0 saturated carbocycles. The molecule has 3 heterocycles. The van der Waals surface area contributed by atoms with Gasteiger partial charge in [-0.25, -0.2) is 9.97 Å². The number of benzene rings is 1. The van der Waals surface area contributed by atoms with E-state index >= 15 is 0 Å². The topological polar surface area (TPSA) is 120 Å². The summed E-state index contributed by atoms with van der Waals surface area (Å²) >= 11 is 0. The highest BCUT2D eigenvalue weighted by Crippen LogP contribution is 2.18. The van der Waals surface area contributed by atoms with Gasteiger partial charge in [0.05, 0.1) is 12.1 Å². The maximum absolute atomic E-state index is 12.5. The van der Waals surface area contributed by atoms with E-state index in [4.69, 9.17) is 4.74 Å². The standard InChI is InChI=1S/C23H30N6O4/c1-33-14-22(31)29-11-18(12-29)27-21-8-20(25-15-26-21)23(32)24-9-19(30)13-28-7-6-16-4-2-3-5-17(16)10-28/h2-5,8,15,18-19,30H,6-7,9-14H2,1H3,(H,24,32)(H,25,26,27)/t19-/m0/s1. The number of carbonyl (C=O) groups is 2. The Balaban J connectivity index is 1.21. The highest BCUT2D eigenvalue weighted by Gasteiger charge is 2.30. The zero-order chi connectivity index (χ0) is 23.2. The van der Waals surface area contributed by atoms with E-state index < -0.39 is 6.10 Å². The lowest BCUT2D eigenvalue weighted by Gasteiger charge is -2.39. The van der Waals surface area contributed by atoms with E-state index in [0.29, 0.717) is 25.5 Å².